The third-order valence-electron chi connectivity index (χ3n) is 4.42. The van der Waals surface area contributed by atoms with Crippen molar-refractivity contribution < 1.29 is 24.0 Å². The summed E-state index contributed by atoms with van der Waals surface area (Å²) in [6, 6.07) is 12.8. The van der Waals surface area contributed by atoms with Gasteiger partial charge in [0, 0.05) is 25.1 Å². The van der Waals surface area contributed by atoms with Crippen LogP contribution in [0, 0.1) is 10.1 Å². The molecule has 0 bridgehead atoms. The van der Waals surface area contributed by atoms with Crippen molar-refractivity contribution in [2.24, 2.45) is 0 Å². The number of rotatable bonds is 7. The van der Waals surface area contributed by atoms with E-state index in [4.69, 9.17) is 4.74 Å². The number of para-hydroxylation sites is 3. The number of hydrogen-bond donors (Lipinski definition) is 1. The number of anilines is 2. The first-order valence-corrected chi connectivity index (χ1v) is 9.23. The van der Waals surface area contributed by atoms with Crippen molar-refractivity contribution in [3.05, 3.63) is 70.3 Å². The van der Waals surface area contributed by atoms with Gasteiger partial charge in [0.05, 0.1) is 21.9 Å². The molecule has 2 aromatic rings. The summed E-state index contributed by atoms with van der Waals surface area (Å²) in [4.78, 5) is 48.0. The molecule has 0 spiro atoms. The molecule has 1 fully saturated rings. The second kappa shape index (κ2) is 9.46. The van der Waals surface area contributed by atoms with E-state index < -0.39 is 23.4 Å². The Morgan fingerprint density at radius 3 is 2.63 bits per heavy atom. The number of nitro benzene ring substituents is 1. The van der Waals surface area contributed by atoms with Gasteiger partial charge in [0.1, 0.15) is 0 Å². The Balaban J connectivity index is 1.57. The van der Waals surface area contributed by atoms with Crippen LogP contribution in [0.5, 0.6) is 0 Å². The molecule has 0 aliphatic carbocycles. The van der Waals surface area contributed by atoms with Crippen molar-refractivity contribution in [2.45, 2.75) is 12.8 Å². The van der Waals surface area contributed by atoms with Gasteiger partial charge in [0.25, 0.3) is 11.6 Å². The number of hydrogen-bond acceptors (Lipinski definition) is 6. The Hall–Kier alpha value is -4.01. The van der Waals surface area contributed by atoms with E-state index in [0.717, 1.165) is 12.5 Å². The molecule has 1 saturated heterocycles. The van der Waals surface area contributed by atoms with Gasteiger partial charge in [-0.1, -0.05) is 24.3 Å². The molecule has 3 rings (SSSR count). The maximum Gasteiger partial charge on any atom is 0.331 e. The Labute approximate surface area is 172 Å². The van der Waals surface area contributed by atoms with Gasteiger partial charge < -0.3 is 15.0 Å². The summed E-state index contributed by atoms with van der Waals surface area (Å²) in [7, 11) is 0. The third kappa shape index (κ3) is 5.07. The second-order valence-electron chi connectivity index (χ2n) is 6.47. The molecule has 0 aromatic heterocycles. The fourth-order valence-corrected chi connectivity index (χ4v) is 3.04. The van der Waals surface area contributed by atoms with Gasteiger partial charge >= 0.3 is 5.97 Å². The van der Waals surface area contributed by atoms with E-state index in [9.17, 15) is 24.5 Å². The number of benzene rings is 2. The molecule has 0 saturated carbocycles. The van der Waals surface area contributed by atoms with E-state index in [0.29, 0.717) is 24.3 Å². The molecule has 0 atom stereocenters. The lowest BCUT2D eigenvalue weighted by Crippen LogP contribution is -2.26. The standard InChI is InChI=1S/C21H19N3O6/c25-19(22-16-7-2-4-9-18(16)23-13-5-10-20(23)26)14-30-21(27)12-11-15-6-1-3-8-17(15)24(28)29/h1-4,6-9,11-12H,5,10,13-14H2,(H,22,25)/b12-11+. The van der Waals surface area contributed by atoms with Crippen LogP contribution >= 0.6 is 0 Å². The molecule has 0 unspecified atom stereocenters. The van der Waals surface area contributed by atoms with Crippen LogP contribution in [0.15, 0.2) is 54.6 Å². The molecule has 1 N–H and O–H groups in total. The Morgan fingerprint density at radius 1 is 1.17 bits per heavy atom. The lowest BCUT2D eigenvalue weighted by Gasteiger charge is -2.19. The molecular weight excluding hydrogens is 390 g/mol. The Morgan fingerprint density at radius 2 is 1.90 bits per heavy atom. The SMILES string of the molecule is O=C(COC(=O)/C=C/c1ccccc1[N+](=O)[O-])Nc1ccccc1N1CCCC1=O. The zero-order chi connectivity index (χ0) is 21.5. The normalized spacial score (nSPS) is 13.5. The van der Waals surface area contributed by atoms with E-state index in [1.54, 1.807) is 35.2 Å². The monoisotopic (exact) mass is 409 g/mol. The largest absolute Gasteiger partial charge is 0.452 e. The van der Waals surface area contributed by atoms with Crippen LogP contribution in [-0.2, 0) is 19.1 Å². The quantitative estimate of drug-likeness (QED) is 0.325. The lowest BCUT2D eigenvalue weighted by atomic mass is 10.1. The van der Waals surface area contributed by atoms with Crippen LogP contribution in [0.25, 0.3) is 6.08 Å². The maximum atomic E-state index is 12.2. The third-order valence-corrected chi connectivity index (χ3v) is 4.42. The van der Waals surface area contributed by atoms with E-state index >= 15 is 0 Å². The van der Waals surface area contributed by atoms with Crippen LogP contribution in [0.3, 0.4) is 0 Å². The van der Waals surface area contributed by atoms with Crippen LogP contribution in [0.2, 0.25) is 0 Å². The number of carbonyl (C=O) groups excluding carboxylic acids is 3. The Kier molecular flexibility index (Phi) is 6.53. The summed E-state index contributed by atoms with van der Waals surface area (Å²) in [6.07, 6.45) is 3.50. The van der Waals surface area contributed by atoms with Crippen molar-refractivity contribution in [3.8, 4) is 0 Å². The highest BCUT2D eigenvalue weighted by atomic mass is 16.6. The zero-order valence-corrected chi connectivity index (χ0v) is 15.9. The highest BCUT2D eigenvalue weighted by Gasteiger charge is 2.24. The summed E-state index contributed by atoms with van der Waals surface area (Å²) in [5.41, 5.74) is 1.14. The zero-order valence-electron chi connectivity index (χ0n) is 15.9. The fraction of sp³-hybridized carbons (Fsp3) is 0.190. The summed E-state index contributed by atoms with van der Waals surface area (Å²) in [5.74, 6) is -1.39. The number of nitrogens with one attached hydrogen (secondary N) is 1. The number of nitrogens with zero attached hydrogens (tertiary/aromatic N) is 2. The van der Waals surface area contributed by atoms with Gasteiger partial charge in [0.15, 0.2) is 6.61 Å². The average molecular weight is 409 g/mol. The molecule has 0 radical (unpaired) electrons. The van der Waals surface area contributed by atoms with Crippen LogP contribution in [0.1, 0.15) is 18.4 Å². The Bertz CT molecular complexity index is 1020. The van der Waals surface area contributed by atoms with E-state index in [1.165, 1.54) is 24.3 Å². The summed E-state index contributed by atoms with van der Waals surface area (Å²) in [5, 5.41) is 13.6. The van der Waals surface area contributed by atoms with Gasteiger partial charge in [-0.15, -0.1) is 0 Å². The van der Waals surface area contributed by atoms with Crippen molar-refractivity contribution in [1.82, 2.24) is 0 Å². The van der Waals surface area contributed by atoms with Gasteiger partial charge in [-0.25, -0.2) is 4.79 Å². The highest BCUT2D eigenvalue weighted by Crippen LogP contribution is 2.29. The predicted octanol–water partition coefficient (Wildman–Crippen LogP) is 2.92. The minimum absolute atomic E-state index is 0.0109. The van der Waals surface area contributed by atoms with E-state index in [2.05, 4.69) is 5.32 Å². The molecule has 1 aliphatic heterocycles. The molecule has 2 aromatic carbocycles. The summed E-state index contributed by atoms with van der Waals surface area (Å²) >= 11 is 0. The molecule has 1 aliphatic rings. The molecule has 154 valence electrons. The van der Waals surface area contributed by atoms with Gasteiger partial charge in [-0.05, 0) is 30.7 Å². The molecular formula is C21H19N3O6. The number of esters is 1. The van der Waals surface area contributed by atoms with Crippen LogP contribution < -0.4 is 10.2 Å². The minimum atomic E-state index is -0.814. The van der Waals surface area contributed by atoms with Gasteiger partial charge in [0.2, 0.25) is 5.91 Å². The maximum absolute atomic E-state index is 12.2. The van der Waals surface area contributed by atoms with Crippen molar-refractivity contribution in [1.29, 1.82) is 0 Å². The average Bonchev–Trinajstić information content (AvgIpc) is 3.17. The van der Waals surface area contributed by atoms with Crippen LogP contribution in [-0.4, -0.2) is 35.9 Å². The molecule has 1 heterocycles. The minimum Gasteiger partial charge on any atom is -0.452 e. The first kappa shape index (κ1) is 20.7. The second-order valence-corrected chi connectivity index (χ2v) is 6.47. The predicted molar refractivity (Wildman–Crippen MR) is 110 cm³/mol. The summed E-state index contributed by atoms with van der Waals surface area (Å²) < 4.78 is 4.90. The summed E-state index contributed by atoms with van der Waals surface area (Å²) in [6.45, 7) is 0.0411. The lowest BCUT2D eigenvalue weighted by molar-refractivity contribution is -0.385. The smallest absolute Gasteiger partial charge is 0.331 e. The van der Waals surface area contributed by atoms with Gasteiger partial charge in [-0.2, -0.15) is 0 Å². The number of nitro groups is 1. The van der Waals surface area contributed by atoms with E-state index in [1.807, 2.05) is 0 Å². The molecule has 2 amide bonds. The first-order chi connectivity index (χ1) is 14.5. The number of amides is 2. The van der Waals surface area contributed by atoms with Crippen molar-refractivity contribution >= 4 is 40.9 Å². The fourth-order valence-electron chi connectivity index (χ4n) is 3.04. The number of carbonyl (C=O) groups is 3. The van der Waals surface area contributed by atoms with Crippen molar-refractivity contribution in [2.75, 3.05) is 23.4 Å². The molecule has 30 heavy (non-hydrogen) atoms. The molecule has 9 nitrogen and oxygen atoms in total. The van der Waals surface area contributed by atoms with Gasteiger partial charge in [-0.3, -0.25) is 19.7 Å². The topological polar surface area (TPSA) is 119 Å². The first-order valence-electron chi connectivity index (χ1n) is 9.23. The molecule has 9 heteroatoms. The van der Waals surface area contributed by atoms with E-state index in [-0.39, 0.29) is 17.2 Å². The van der Waals surface area contributed by atoms with Crippen molar-refractivity contribution in [3.63, 3.8) is 0 Å². The van der Waals surface area contributed by atoms with Crippen LogP contribution in [0.4, 0.5) is 17.1 Å². The number of ether oxygens (including phenoxy) is 1. The highest BCUT2D eigenvalue weighted by molar-refractivity contribution is 6.02.